The van der Waals surface area contributed by atoms with Gasteiger partial charge >= 0.3 is 5.97 Å². The Morgan fingerprint density at radius 1 is 1.03 bits per heavy atom. The fourth-order valence-electron chi connectivity index (χ4n) is 5.55. The molecule has 0 saturated carbocycles. The molecule has 0 radical (unpaired) electrons. The van der Waals surface area contributed by atoms with E-state index in [0.29, 0.717) is 13.1 Å². The molecule has 1 aliphatic rings. The van der Waals surface area contributed by atoms with E-state index < -0.39 is 5.97 Å². The average molecular weight is 497 g/mol. The van der Waals surface area contributed by atoms with Crippen LogP contribution in [0.1, 0.15) is 65.0 Å². The van der Waals surface area contributed by atoms with Crippen molar-refractivity contribution >= 4 is 22.9 Å². The Morgan fingerprint density at radius 3 is 2.57 bits per heavy atom. The number of rotatable bonds is 6. The van der Waals surface area contributed by atoms with Gasteiger partial charge in [0.2, 0.25) is 5.91 Å². The molecule has 0 saturated heterocycles. The lowest BCUT2D eigenvalue weighted by molar-refractivity contribution is -0.137. The maximum atomic E-state index is 13.5. The third-order valence-corrected chi connectivity index (χ3v) is 7.68. The van der Waals surface area contributed by atoms with Crippen molar-refractivity contribution < 1.29 is 14.7 Å². The monoisotopic (exact) mass is 496 g/mol. The summed E-state index contributed by atoms with van der Waals surface area (Å²) in [5.41, 5.74) is 7.87. The highest BCUT2D eigenvalue weighted by molar-refractivity contribution is 5.83. The van der Waals surface area contributed by atoms with Gasteiger partial charge in [0.25, 0.3) is 0 Å². The molecule has 0 aliphatic carbocycles. The smallest absolute Gasteiger partial charge is 0.304 e. The summed E-state index contributed by atoms with van der Waals surface area (Å²) in [4.78, 5) is 27.4. The molecular formula is C30H32N4O3. The third kappa shape index (κ3) is 4.86. The summed E-state index contributed by atoms with van der Waals surface area (Å²) in [6.07, 6.45) is 1.77. The van der Waals surface area contributed by atoms with Gasteiger partial charge < -0.3 is 10.0 Å². The van der Waals surface area contributed by atoms with Crippen LogP contribution in [0, 0.1) is 6.92 Å². The number of carbonyl (C=O) groups excluding carboxylic acids is 1. The van der Waals surface area contributed by atoms with E-state index in [2.05, 4.69) is 28.5 Å². The van der Waals surface area contributed by atoms with Crippen molar-refractivity contribution in [2.24, 2.45) is 7.05 Å². The number of benzene rings is 3. The molecular weight excluding hydrogens is 464 g/mol. The molecule has 4 aromatic rings. The van der Waals surface area contributed by atoms with Gasteiger partial charge in [0.05, 0.1) is 17.9 Å². The molecule has 1 aliphatic heterocycles. The molecule has 5 rings (SSSR count). The number of hydrogen-bond donors (Lipinski definition) is 1. The van der Waals surface area contributed by atoms with Gasteiger partial charge in [-0.25, -0.2) is 4.68 Å². The Kier molecular flexibility index (Phi) is 6.78. The van der Waals surface area contributed by atoms with Crippen molar-refractivity contribution in [1.29, 1.82) is 0 Å². The second-order valence-corrected chi connectivity index (χ2v) is 10.0. The molecule has 2 atom stereocenters. The molecule has 7 heteroatoms. The van der Waals surface area contributed by atoms with Crippen LogP contribution in [0.2, 0.25) is 0 Å². The van der Waals surface area contributed by atoms with Gasteiger partial charge in [-0.05, 0) is 66.1 Å². The zero-order valence-electron chi connectivity index (χ0n) is 21.5. The Morgan fingerprint density at radius 2 is 1.81 bits per heavy atom. The number of amides is 1. The number of carbonyl (C=O) groups is 2. The lowest BCUT2D eigenvalue weighted by Crippen LogP contribution is -2.34. The van der Waals surface area contributed by atoms with Crippen molar-refractivity contribution in [2.75, 3.05) is 6.54 Å². The van der Waals surface area contributed by atoms with Crippen LogP contribution in [0.3, 0.4) is 0 Å². The Hall–Kier alpha value is -4.00. The van der Waals surface area contributed by atoms with E-state index in [1.807, 2.05) is 68.3 Å². The molecule has 1 aromatic heterocycles. The quantitative estimate of drug-likeness (QED) is 0.408. The van der Waals surface area contributed by atoms with Crippen molar-refractivity contribution in [3.8, 4) is 0 Å². The van der Waals surface area contributed by atoms with E-state index in [1.165, 1.54) is 5.56 Å². The van der Waals surface area contributed by atoms with Crippen LogP contribution in [0.5, 0.6) is 0 Å². The summed E-state index contributed by atoms with van der Waals surface area (Å²) in [5, 5.41) is 18.2. The maximum Gasteiger partial charge on any atom is 0.304 e. The number of aryl methyl sites for hydroxylation is 3. The zero-order chi connectivity index (χ0) is 26.1. The number of nitrogens with zero attached hydrogens (tertiary/aromatic N) is 4. The van der Waals surface area contributed by atoms with Crippen molar-refractivity contribution in [3.63, 3.8) is 0 Å². The van der Waals surface area contributed by atoms with E-state index in [-0.39, 0.29) is 24.2 Å². The van der Waals surface area contributed by atoms with Crippen LogP contribution in [0.25, 0.3) is 11.0 Å². The van der Waals surface area contributed by atoms with E-state index in [1.54, 1.807) is 4.68 Å². The van der Waals surface area contributed by atoms with E-state index in [0.717, 1.165) is 51.7 Å². The average Bonchev–Trinajstić information content (AvgIpc) is 3.15. The minimum absolute atomic E-state index is 0.0287. The van der Waals surface area contributed by atoms with Crippen molar-refractivity contribution in [3.05, 3.63) is 94.0 Å². The number of carboxylic acids is 1. The standard InChI is InChI=1S/C30H32N4O3/c1-19(21-8-5-4-6-9-21)30(37)34-15-7-10-22-11-12-23(16-24(22)18-34)26(17-28(35)36)25-13-14-27-29(20(25)2)31-32-33(27)3/h4-6,8-9,11-14,16,19,26H,7,10,15,17-18H2,1-3H3,(H,35,36). The van der Waals surface area contributed by atoms with Crippen LogP contribution in [0.4, 0.5) is 0 Å². The molecule has 190 valence electrons. The molecule has 0 spiro atoms. The number of hydrogen-bond acceptors (Lipinski definition) is 4. The van der Waals surface area contributed by atoms with E-state index in [9.17, 15) is 14.7 Å². The third-order valence-electron chi connectivity index (χ3n) is 7.68. The van der Waals surface area contributed by atoms with E-state index >= 15 is 0 Å². The summed E-state index contributed by atoms with van der Waals surface area (Å²) in [7, 11) is 1.85. The molecule has 0 fully saturated rings. The van der Waals surface area contributed by atoms with Crippen molar-refractivity contribution in [2.45, 2.75) is 51.5 Å². The number of carboxylic acid groups (broad SMARTS) is 1. The second kappa shape index (κ2) is 10.2. The first-order valence-corrected chi connectivity index (χ1v) is 12.8. The zero-order valence-corrected chi connectivity index (χ0v) is 21.5. The van der Waals surface area contributed by atoms with Crippen LogP contribution >= 0.6 is 0 Å². The summed E-state index contributed by atoms with van der Waals surface area (Å²) >= 11 is 0. The first-order valence-electron chi connectivity index (χ1n) is 12.8. The predicted molar refractivity (Wildman–Crippen MR) is 142 cm³/mol. The lowest BCUT2D eigenvalue weighted by atomic mass is 9.84. The number of fused-ring (bicyclic) bond motifs is 2. The van der Waals surface area contributed by atoms with Gasteiger partial charge in [0, 0.05) is 26.1 Å². The fourth-order valence-corrected chi connectivity index (χ4v) is 5.55. The maximum absolute atomic E-state index is 13.5. The molecule has 3 aromatic carbocycles. The topological polar surface area (TPSA) is 88.3 Å². The van der Waals surface area contributed by atoms with Gasteiger partial charge in [0.1, 0.15) is 5.52 Å². The van der Waals surface area contributed by atoms with Crippen molar-refractivity contribution in [1.82, 2.24) is 19.9 Å². The fraction of sp³-hybridized carbons (Fsp3) is 0.333. The molecule has 2 heterocycles. The summed E-state index contributed by atoms with van der Waals surface area (Å²) in [5.74, 6) is -1.28. The SMILES string of the molecule is Cc1c(C(CC(=O)O)c2ccc3c(c2)CN(C(=O)C(C)c2ccccc2)CCC3)ccc2c1nnn2C. The molecule has 7 nitrogen and oxygen atoms in total. The molecule has 2 unspecified atom stereocenters. The second-order valence-electron chi connectivity index (χ2n) is 10.0. The highest BCUT2D eigenvalue weighted by atomic mass is 16.4. The molecule has 1 amide bonds. The summed E-state index contributed by atoms with van der Waals surface area (Å²) in [6, 6.07) is 20.1. The highest BCUT2D eigenvalue weighted by Gasteiger charge is 2.27. The molecule has 37 heavy (non-hydrogen) atoms. The molecule has 0 bridgehead atoms. The minimum Gasteiger partial charge on any atom is -0.481 e. The summed E-state index contributed by atoms with van der Waals surface area (Å²) in [6.45, 7) is 5.19. The van der Waals surface area contributed by atoms with Gasteiger partial charge in [-0.2, -0.15) is 0 Å². The summed E-state index contributed by atoms with van der Waals surface area (Å²) < 4.78 is 1.72. The first kappa shape index (κ1) is 24.7. The number of aromatic nitrogens is 3. The van der Waals surface area contributed by atoms with E-state index in [4.69, 9.17) is 0 Å². The Bertz CT molecular complexity index is 1460. The van der Waals surface area contributed by atoms with Crippen LogP contribution in [-0.2, 0) is 29.6 Å². The van der Waals surface area contributed by atoms with Gasteiger partial charge in [0.15, 0.2) is 0 Å². The van der Waals surface area contributed by atoms with Crippen LogP contribution in [-0.4, -0.2) is 43.4 Å². The first-order chi connectivity index (χ1) is 17.8. The van der Waals surface area contributed by atoms with Gasteiger partial charge in [-0.3, -0.25) is 9.59 Å². The predicted octanol–water partition coefficient (Wildman–Crippen LogP) is 4.96. The Labute approximate surface area is 216 Å². The highest BCUT2D eigenvalue weighted by Crippen LogP contribution is 2.35. The minimum atomic E-state index is -0.855. The van der Waals surface area contributed by atoms with Gasteiger partial charge in [-0.15, -0.1) is 5.10 Å². The van der Waals surface area contributed by atoms with Crippen LogP contribution in [0.15, 0.2) is 60.7 Å². The van der Waals surface area contributed by atoms with Crippen LogP contribution < -0.4 is 0 Å². The van der Waals surface area contributed by atoms with Gasteiger partial charge in [-0.1, -0.05) is 59.8 Å². The number of aliphatic carboxylic acids is 1. The molecule has 1 N–H and O–H groups in total. The largest absolute Gasteiger partial charge is 0.481 e. The Balaban J connectivity index is 1.49. The normalized spacial score (nSPS) is 15.2. The lowest BCUT2D eigenvalue weighted by Gasteiger charge is -2.25.